The third-order valence-electron chi connectivity index (χ3n) is 2.64. The Morgan fingerprint density at radius 3 is 2.76 bits per heavy atom. The molecule has 0 aliphatic carbocycles. The zero-order valence-electron chi connectivity index (χ0n) is 10.8. The summed E-state index contributed by atoms with van der Waals surface area (Å²) >= 11 is 1.74. The van der Waals surface area contributed by atoms with Crippen molar-refractivity contribution in [1.82, 2.24) is 5.32 Å². The van der Waals surface area contributed by atoms with E-state index in [9.17, 15) is 4.79 Å². The number of thioether (sulfide) groups is 1. The van der Waals surface area contributed by atoms with E-state index in [1.165, 1.54) is 0 Å². The summed E-state index contributed by atoms with van der Waals surface area (Å²) < 4.78 is 0. The Bertz CT molecular complexity index is 393. The summed E-state index contributed by atoms with van der Waals surface area (Å²) in [6, 6.07) is 5.79. The van der Waals surface area contributed by atoms with Gasteiger partial charge in [-0.1, -0.05) is 13.0 Å². The monoisotopic (exact) mass is 252 g/mol. The van der Waals surface area contributed by atoms with Gasteiger partial charge in [0, 0.05) is 24.5 Å². The van der Waals surface area contributed by atoms with Gasteiger partial charge in [-0.2, -0.15) is 11.8 Å². The molecule has 0 saturated carbocycles. The normalized spacial score (nSPS) is 12.0. The predicted molar refractivity (Wildman–Crippen MR) is 76.0 cm³/mol. The van der Waals surface area contributed by atoms with Gasteiger partial charge in [-0.3, -0.25) is 4.79 Å². The first-order chi connectivity index (χ1) is 8.08. The Kier molecular flexibility index (Phi) is 5.35. The predicted octanol–water partition coefficient (Wildman–Crippen LogP) is 2.52. The molecule has 0 bridgehead atoms. The van der Waals surface area contributed by atoms with Crippen LogP contribution < -0.4 is 10.6 Å². The fourth-order valence-electron chi connectivity index (χ4n) is 1.48. The number of rotatable bonds is 5. The van der Waals surface area contributed by atoms with Gasteiger partial charge in [0.1, 0.15) is 0 Å². The van der Waals surface area contributed by atoms with E-state index in [-0.39, 0.29) is 5.91 Å². The molecular weight excluding hydrogens is 232 g/mol. The van der Waals surface area contributed by atoms with Crippen LogP contribution in [-0.2, 0) is 0 Å². The van der Waals surface area contributed by atoms with E-state index in [0.29, 0.717) is 17.4 Å². The van der Waals surface area contributed by atoms with Crippen molar-refractivity contribution in [3.8, 4) is 0 Å². The van der Waals surface area contributed by atoms with Crippen LogP contribution in [-0.4, -0.2) is 31.0 Å². The average Bonchev–Trinajstić information content (AvgIpc) is 2.35. The lowest BCUT2D eigenvalue weighted by molar-refractivity contribution is 0.0955. The van der Waals surface area contributed by atoms with Crippen molar-refractivity contribution in [3.63, 3.8) is 0 Å². The molecule has 0 spiro atoms. The number of benzene rings is 1. The molecule has 4 heteroatoms. The highest BCUT2D eigenvalue weighted by molar-refractivity contribution is 7.99. The summed E-state index contributed by atoms with van der Waals surface area (Å²) in [4.78, 5) is 12.0. The first kappa shape index (κ1) is 13.9. The third kappa shape index (κ3) is 3.97. The molecule has 17 heavy (non-hydrogen) atoms. The van der Waals surface area contributed by atoms with Crippen molar-refractivity contribution in [2.24, 2.45) is 0 Å². The Morgan fingerprint density at radius 2 is 2.18 bits per heavy atom. The molecule has 2 N–H and O–H groups in total. The molecule has 0 fully saturated rings. The van der Waals surface area contributed by atoms with Crippen molar-refractivity contribution in [3.05, 3.63) is 29.3 Å². The highest BCUT2D eigenvalue weighted by Crippen LogP contribution is 2.17. The quantitative estimate of drug-likeness (QED) is 0.846. The van der Waals surface area contributed by atoms with E-state index in [2.05, 4.69) is 17.6 Å². The van der Waals surface area contributed by atoms with Crippen LogP contribution in [0.3, 0.4) is 0 Å². The number of nitrogens with one attached hydrogen (secondary N) is 2. The minimum absolute atomic E-state index is 0.0183. The van der Waals surface area contributed by atoms with E-state index in [1.807, 2.05) is 38.4 Å². The number of anilines is 1. The number of hydrogen-bond donors (Lipinski definition) is 2. The smallest absolute Gasteiger partial charge is 0.253 e. The zero-order chi connectivity index (χ0) is 12.8. The molecule has 1 aromatic rings. The maximum Gasteiger partial charge on any atom is 0.253 e. The maximum atomic E-state index is 12.0. The van der Waals surface area contributed by atoms with E-state index in [1.54, 1.807) is 11.8 Å². The Hall–Kier alpha value is -1.16. The van der Waals surface area contributed by atoms with E-state index < -0.39 is 0 Å². The molecule has 1 rings (SSSR count). The van der Waals surface area contributed by atoms with Crippen LogP contribution >= 0.6 is 11.8 Å². The Labute approximate surface area is 107 Å². The number of hydrogen-bond acceptors (Lipinski definition) is 3. The van der Waals surface area contributed by atoms with Crippen LogP contribution in [0.1, 0.15) is 22.8 Å². The van der Waals surface area contributed by atoms with Gasteiger partial charge in [-0.05, 0) is 30.9 Å². The molecule has 1 amide bonds. The molecule has 1 unspecified atom stereocenters. The second-order valence-corrected chi connectivity index (χ2v) is 5.33. The van der Waals surface area contributed by atoms with E-state index in [0.717, 1.165) is 11.3 Å². The second-order valence-electron chi connectivity index (χ2n) is 4.06. The molecule has 0 radical (unpaired) electrons. The maximum absolute atomic E-state index is 12.0. The third-order valence-corrected chi connectivity index (χ3v) is 3.61. The molecule has 0 aliphatic rings. The lowest BCUT2D eigenvalue weighted by atomic mass is 10.1. The molecule has 0 heterocycles. The lowest BCUT2D eigenvalue weighted by Crippen LogP contribution is -2.29. The van der Waals surface area contributed by atoms with Crippen LogP contribution in [0.2, 0.25) is 0 Å². The Morgan fingerprint density at radius 1 is 1.47 bits per heavy atom. The highest BCUT2D eigenvalue weighted by Gasteiger charge is 2.11. The molecule has 1 atom stereocenters. The molecule has 3 nitrogen and oxygen atoms in total. The van der Waals surface area contributed by atoms with Gasteiger partial charge in [0.15, 0.2) is 0 Å². The number of amides is 1. The largest absolute Gasteiger partial charge is 0.387 e. The number of aryl methyl sites for hydroxylation is 1. The Balaban J connectivity index is 2.75. The summed E-state index contributed by atoms with van der Waals surface area (Å²) in [5, 5.41) is 6.43. The summed E-state index contributed by atoms with van der Waals surface area (Å²) in [5.74, 6) is -0.0183. The van der Waals surface area contributed by atoms with Gasteiger partial charge in [0.25, 0.3) is 5.91 Å². The molecule has 0 aromatic heterocycles. The average molecular weight is 252 g/mol. The first-order valence-corrected chi connectivity index (χ1v) is 6.96. The highest BCUT2D eigenvalue weighted by atomic mass is 32.2. The van der Waals surface area contributed by atoms with Gasteiger partial charge >= 0.3 is 0 Å². The van der Waals surface area contributed by atoms with Crippen molar-refractivity contribution >= 4 is 23.4 Å². The van der Waals surface area contributed by atoms with Crippen LogP contribution in [0.5, 0.6) is 0 Å². The standard InChI is InChI=1S/C13H20N2OS/c1-9-5-6-11(12(7-9)14-3)13(16)15-8-10(2)17-4/h5-7,10,14H,8H2,1-4H3,(H,15,16). The number of carbonyl (C=O) groups is 1. The fourth-order valence-corrected chi connectivity index (χ4v) is 1.73. The van der Waals surface area contributed by atoms with Gasteiger partial charge in [0.2, 0.25) is 0 Å². The van der Waals surface area contributed by atoms with Crippen LogP contribution in [0, 0.1) is 6.92 Å². The summed E-state index contributed by atoms with van der Waals surface area (Å²) in [6.45, 7) is 4.80. The molecule has 94 valence electrons. The van der Waals surface area contributed by atoms with Gasteiger partial charge in [0.05, 0.1) is 5.56 Å². The van der Waals surface area contributed by atoms with Crippen molar-refractivity contribution < 1.29 is 4.79 Å². The minimum atomic E-state index is -0.0183. The van der Waals surface area contributed by atoms with Gasteiger partial charge in [-0.15, -0.1) is 0 Å². The van der Waals surface area contributed by atoms with Crippen LogP contribution in [0.4, 0.5) is 5.69 Å². The summed E-state index contributed by atoms with van der Waals surface area (Å²) in [5.41, 5.74) is 2.72. The molecular formula is C13H20N2OS. The van der Waals surface area contributed by atoms with Crippen molar-refractivity contribution in [2.45, 2.75) is 19.1 Å². The fraction of sp³-hybridized carbons (Fsp3) is 0.462. The summed E-state index contributed by atoms with van der Waals surface area (Å²) in [7, 11) is 1.83. The van der Waals surface area contributed by atoms with Crippen molar-refractivity contribution in [2.75, 3.05) is 25.2 Å². The van der Waals surface area contributed by atoms with Crippen molar-refractivity contribution in [1.29, 1.82) is 0 Å². The van der Waals surface area contributed by atoms with E-state index in [4.69, 9.17) is 0 Å². The van der Waals surface area contributed by atoms with Crippen LogP contribution in [0.25, 0.3) is 0 Å². The number of carbonyl (C=O) groups excluding carboxylic acids is 1. The molecule has 0 aliphatic heterocycles. The zero-order valence-corrected chi connectivity index (χ0v) is 11.6. The second kappa shape index (κ2) is 6.55. The summed E-state index contributed by atoms with van der Waals surface area (Å²) in [6.07, 6.45) is 2.04. The SMILES string of the molecule is CNc1cc(C)ccc1C(=O)NCC(C)SC. The van der Waals surface area contributed by atoms with Gasteiger partial charge in [-0.25, -0.2) is 0 Å². The topological polar surface area (TPSA) is 41.1 Å². The lowest BCUT2D eigenvalue weighted by Gasteiger charge is -2.13. The minimum Gasteiger partial charge on any atom is -0.387 e. The molecule has 1 aromatic carbocycles. The van der Waals surface area contributed by atoms with E-state index >= 15 is 0 Å². The van der Waals surface area contributed by atoms with Crippen LogP contribution in [0.15, 0.2) is 18.2 Å². The molecule has 0 saturated heterocycles. The van der Waals surface area contributed by atoms with Gasteiger partial charge < -0.3 is 10.6 Å². The first-order valence-electron chi connectivity index (χ1n) is 5.68.